The van der Waals surface area contributed by atoms with Gasteiger partial charge in [-0.15, -0.1) is 0 Å². The molecule has 0 aromatic carbocycles. The molecule has 1 saturated heterocycles. The second-order valence-electron chi connectivity index (χ2n) is 7.64. The number of hydrogen-bond acceptors (Lipinski definition) is 4. The van der Waals surface area contributed by atoms with Gasteiger partial charge in [0.25, 0.3) is 0 Å². The van der Waals surface area contributed by atoms with Gasteiger partial charge in [0.15, 0.2) is 14.1 Å². The van der Waals surface area contributed by atoms with Crippen LogP contribution in [0.3, 0.4) is 0 Å². The molecule has 0 N–H and O–H groups in total. The van der Waals surface area contributed by atoms with E-state index in [9.17, 15) is 0 Å². The maximum atomic E-state index is 6.25. The van der Waals surface area contributed by atoms with Gasteiger partial charge in [-0.1, -0.05) is 20.8 Å². The van der Waals surface area contributed by atoms with Gasteiger partial charge < -0.3 is 18.6 Å². The Hall–Kier alpha value is -0.363. The van der Waals surface area contributed by atoms with Crippen LogP contribution in [0.4, 0.5) is 0 Å². The van der Waals surface area contributed by atoms with Gasteiger partial charge in [0.1, 0.15) is 18.3 Å². The molecule has 0 amide bonds. The van der Waals surface area contributed by atoms with Crippen molar-refractivity contribution < 1.29 is 18.6 Å². The molecule has 0 aromatic heterocycles. The Bertz CT molecular complexity index is 384. The van der Waals surface area contributed by atoms with Crippen LogP contribution in [-0.4, -0.2) is 39.0 Å². The van der Waals surface area contributed by atoms with Crippen molar-refractivity contribution in [1.29, 1.82) is 0 Å². The van der Waals surface area contributed by atoms with Gasteiger partial charge in [0, 0.05) is 0 Å². The van der Waals surface area contributed by atoms with Crippen LogP contribution in [0.1, 0.15) is 34.6 Å². The Balaban J connectivity index is 1.99. The first-order valence-electron chi connectivity index (χ1n) is 7.34. The molecule has 2 aliphatic rings. The Morgan fingerprint density at radius 3 is 2.45 bits per heavy atom. The largest absolute Gasteiger partial charge is 0.493 e. The predicted octanol–water partition coefficient (Wildman–Crippen LogP) is 3.44. The van der Waals surface area contributed by atoms with E-state index in [0.717, 1.165) is 0 Å². The normalized spacial score (nSPS) is 32.9. The summed E-state index contributed by atoms with van der Waals surface area (Å²) in [7, 11) is -1.77. The van der Waals surface area contributed by atoms with Gasteiger partial charge in [0.05, 0.1) is 12.9 Å². The van der Waals surface area contributed by atoms with E-state index in [2.05, 4.69) is 33.9 Å². The molecule has 116 valence electrons. The minimum Gasteiger partial charge on any atom is -0.493 e. The fraction of sp³-hybridized carbons (Fsp3) is 0.867. The number of ether oxygens (including phenoxy) is 3. The third-order valence-electron chi connectivity index (χ3n) is 4.47. The monoisotopic (exact) mass is 300 g/mol. The lowest BCUT2D eigenvalue weighted by atomic mass is 10.1. The van der Waals surface area contributed by atoms with E-state index in [-0.39, 0.29) is 23.4 Å². The summed E-state index contributed by atoms with van der Waals surface area (Å²) < 4.78 is 23.8. The molecule has 1 fully saturated rings. The molecule has 2 aliphatic heterocycles. The van der Waals surface area contributed by atoms with Crippen LogP contribution in [0.5, 0.6) is 0 Å². The summed E-state index contributed by atoms with van der Waals surface area (Å²) in [5.41, 5.74) is 0. The number of rotatable bonds is 3. The Labute approximate surface area is 123 Å². The third-order valence-corrected chi connectivity index (χ3v) is 8.97. The van der Waals surface area contributed by atoms with Crippen LogP contribution >= 0.6 is 0 Å². The van der Waals surface area contributed by atoms with Gasteiger partial charge >= 0.3 is 0 Å². The SMILES string of the molecule is CC1(C)O[C@H]2C=COC(CO[Si](C)(C)C(C)(C)C)[C@@H]2O1. The van der Waals surface area contributed by atoms with Crippen LogP contribution in [0.15, 0.2) is 12.3 Å². The van der Waals surface area contributed by atoms with E-state index in [1.807, 2.05) is 19.9 Å². The van der Waals surface area contributed by atoms with E-state index >= 15 is 0 Å². The average molecular weight is 300 g/mol. The molecule has 0 aliphatic carbocycles. The molecule has 4 nitrogen and oxygen atoms in total. The standard InChI is InChI=1S/C15H28O4Si/c1-14(2,3)20(6,7)17-10-12-13-11(8-9-16-12)18-15(4,5)19-13/h8-9,11-13H,10H2,1-7H3/t11-,12?,13+/m0/s1. The first kappa shape index (κ1) is 16.0. The minimum atomic E-state index is -1.77. The molecule has 3 atom stereocenters. The second-order valence-corrected chi connectivity index (χ2v) is 12.4. The Morgan fingerprint density at radius 2 is 1.85 bits per heavy atom. The summed E-state index contributed by atoms with van der Waals surface area (Å²) >= 11 is 0. The first-order valence-corrected chi connectivity index (χ1v) is 10.2. The van der Waals surface area contributed by atoms with Gasteiger partial charge in [-0.3, -0.25) is 0 Å². The van der Waals surface area contributed by atoms with E-state index in [4.69, 9.17) is 18.6 Å². The van der Waals surface area contributed by atoms with Crippen LogP contribution in [0.25, 0.3) is 0 Å². The maximum Gasteiger partial charge on any atom is 0.192 e. The predicted molar refractivity (Wildman–Crippen MR) is 81.0 cm³/mol. The number of hydrogen-bond donors (Lipinski definition) is 0. The van der Waals surface area contributed by atoms with Crippen LogP contribution in [0.2, 0.25) is 18.1 Å². The molecule has 0 bridgehead atoms. The van der Waals surface area contributed by atoms with Crippen LogP contribution < -0.4 is 0 Å². The van der Waals surface area contributed by atoms with E-state index in [1.165, 1.54) is 0 Å². The van der Waals surface area contributed by atoms with Crippen LogP contribution in [0, 0.1) is 0 Å². The summed E-state index contributed by atoms with van der Waals surface area (Å²) in [6, 6.07) is 0. The lowest BCUT2D eigenvalue weighted by Gasteiger charge is -2.38. The van der Waals surface area contributed by atoms with E-state index in [0.29, 0.717) is 6.61 Å². The molecular formula is C15H28O4Si. The van der Waals surface area contributed by atoms with Gasteiger partial charge in [-0.2, -0.15) is 0 Å². The lowest BCUT2D eigenvalue weighted by molar-refractivity contribution is -0.154. The Kier molecular flexibility index (Phi) is 4.10. The third kappa shape index (κ3) is 3.27. The highest BCUT2D eigenvalue weighted by molar-refractivity contribution is 6.74. The van der Waals surface area contributed by atoms with Crippen molar-refractivity contribution in [3.8, 4) is 0 Å². The van der Waals surface area contributed by atoms with Crippen molar-refractivity contribution in [1.82, 2.24) is 0 Å². The van der Waals surface area contributed by atoms with Gasteiger partial charge in [-0.05, 0) is 38.1 Å². The van der Waals surface area contributed by atoms with Gasteiger partial charge in [-0.25, -0.2) is 0 Å². The molecule has 0 saturated carbocycles. The molecule has 5 heteroatoms. The highest BCUT2D eigenvalue weighted by atomic mass is 28.4. The zero-order valence-electron chi connectivity index (χ0n) is 13.7. The topological polar surface area (TPSA) is 36.9 Å². The number of fused-ring (bicyclic) bond motifs is 1. The lowest BCUT2D eigenvalue weighted by Crippen LogP contribution is -2.47. The molecule has 20 heavy (non-hydrogen) atoms. The molecular weight excluding hydrogens is 272 g/mol. The van der Waals surface area contributed by atoms with Crippen molar-refractivity contribution in [2.75, 3.05) is 6.61 Å². The molecule has 2 rings (SSSR count). The summed E-state index contributed by atoms with van der Waals surface area (Å²) in [6.07, 6.45) is 3.42. The fourth-order valence-corrected chi connectivity index (χ4v) is 3.21. The minimum absolute atomic E-state index is 0.0354. The zero-order valence-corrected chi connectivity index (χ0v) is 14.7. The smallest absolute Gasteiger partial charge is 0.192 e. The van der Waals surface area contributed by atoms with Crippen molar-refractivity contribution in [3.05, 3.63) is 12.3 Å². The van der Waals surface area contributed by atoms with E-state index in [1.54, 1.807) is 6.26 Å². The quantitative estimate of drug-likeness (QED) is 0.748. The van der Waals surface area contributed by atoms with Crippen LogP contribution in [-0.2, 0) is 18.6 Å². The highest BCUT2D eigenvalue weighted by Gasteiger charge is 2.47. The first-order chi connectivity index (χ1) is 9.02. The van der Waals surface area contributed by atoms with E-state index < -0.39 is 14.1 Å². The summed E-state index contributed by atoms with van der Waals surface area (Å²) in [5, 5.41) is 0.198. The highest BCUT2D eigenvalue weighted by Crippen LogP contribution is 2.38. The summed E-state index contributed by atoms with van der Waals surface area (Å²) in [5.74, 6) is -0.553. The zero-order chi connectivity index (χ0) is 15.2. The second kappa shape index (κ2) is 5.12. The Morgan fingerprint density at radius 1 is 1.20 bits per heavy atom. The average Bonchev–Trinajstić information content (AvgIpc) is 2.59. The van der Waals surface area contributed by atoms with Crippen molar-refractivity contribution in [2.45, 2.75) is 76.8 Å². The van der Waals surface area contributed by atoms with Crippen molar-refractivity contribution in [2.24, 2.45) is 0 Å². The summed E-state index contributed by atoms with van der Waals surface area (Å²) in [4.78, 5) is 0. The molecule has 0 spiro atoms. The van der Waals surface area contributed by atoms with Crippen molar-refractivity contribution in [3.63, 3.8) is 0 Å². The maximum absolute atomic E-state index is 6.25. The van der Waals surface area contributed by atoms with Gasteiger partial charge in [0.2, 0.25) is 0 Å². The van der Waals surface area contributed by atoms with Crippen molar-refractivity contribution >= 4 is 8.32 Å². The fourth-order valence-electron chi connectivity index (χ4n) is 2.20. The molecule has 2 heterocycles. The summed E-state index contributed by atoms with van der Waals surface area (Å²) in [6.45, 7) is 15.6. The molecule has 0 radical (unpaired) electrons. The molecule has 0 aromatic rings. The molecule has 1 unspecified atom stereocenters.